The minimum atomic E-state index is -0.423. The number of nitrogens with one attached hydrogen (secondary N) is 1. The molecule has 6 nitrogen and oxygen atoms in total. The standard InChI is InChI=1S/C24H17BrFN3O3/c1-32-22-11-14(10-19(25)23(22)30)13-27-29-24(31)18-12-21(15-6-8-16(26)9-7-15)28-20-5-3-2-4-17(18)20/h2-13,30H,1H3,(H,29,31)/b27-13+. The van der Waals surface area contributed by atoms with Crippen LogP contribution in [0.25, 0.3) is 22.2 Å². The lowest BCUT2D eigenvalue weighted by molar-refractivity contribution is 0.0956. The van der Waals surface area contributed by atoms with Crippen LogP contribution in [0.15, 0.2) is 76.3 Å². The quantitative estimate of drug-likeness (QED) is 0.292. The topological polar surface area (TPSA) is 83.8 Å². The number of phenols is 1. The Morgan fingerprint density at radius 1 is 1.16 bits per heavy atom. The number of nitrogens with zero attached hydrogens (tertiary/aromatic N) is 2. The molecule has 4 rings (SSSR count). The predicted molar refractivity (Wildman–Crippen MR) is 125 cm³/mol. The van der Waals surface area contributed by atoms with E-state index in [0.717, 1.165) is 0 Å². The summed E-state index contributed by atoms with van der Waals surface area (Å²) in [6, 6.07) is 18.1. The Balaban J connectivity index is 1.65. The average molecular weight is 494 g/mol. The minimum absolute atomic E-state index is 0.0229. The predicted octanol–water partition coefficient (Wildman–Crippen LogP) is 5.28. The highest BCUT2D eigenvalue weighted by Crippen LogP contribution is 2.34. The van der Waals surface area contributed by atoms with E-state index in [1.54, 1.807) is 36.4 Å². The summed E-state index contributed by atoms with van der Waals surface area (Å²) in [5, 5.41) is 14.6. The lowest BCUT2D eigenvalue weighted by Gasteiger charge is -2.09. The van der Waals surface area contributed by atoms with Crippen LogP contribution in [0, 0.1) is 5.82 Å². The highest BCUT2D eigenvalue weighted by molar-refractivity contribution is 9.10. The van der Waals surface area contributed by atoms with Crippen LogP contribution in [0.3, 0.4) is 0 Å². The Morgan fingerprint density at radius 2 is 1.91 bits per heavy atom. The molecule has 8 heteroatoms. The number of rotatable bonds is 5. The first-order chi connectivity index (χ1) is 15.5. The SMILES string of the molecule is COc1cc(/C=N/NC(=O)c2cc(-c3ccc(F)cc3)nc3ccccc23)cc(Br)c1O. The first-order valence-electron chi connectivity index (χ1n) is 9.52. The molecule has 0 atom stereocenters. The van der Waals surface area contributed by atoms with Crippen LogP contribution >= 0.6 is 15.9 Å². The van der Waals surface area contributed by atoms with Crippen molar-refractivity contribution in [2.45, 2.75) is 0 Å². The van der Waals surface area contributed by atoms with Gasteiger partial charge in [0, 0.05) is 10.9 Å². The summed E-state index contributed by atoms with van der Waals surface area (Å²) < 4.78 is 18.9. The van der Waals surface area contributed by atoms with E-state index >= 15 is 0 Å². The second-order valence-corrected chi connectivity index (χ2v) is 7.69. The molecule has 0 fully saturated rings. The summed E-state index contributed by atoms with van der Waals surface area (Å²) in [5.41, 5.74) is 5.39. The van der Waals surface area contributed by atoms with Crippen molar-refractivity contribution in [2.24, 2.45) is 5.10 Å². The van der Waals surface area contributed by atoms with E-state index < -0.39 is 5.91 Å². The van der Waals surface area contributed by atoms with Gasteiger partial charge in [-0.2, -0.15) is 5.10 Å². The van der Waals surface area contributed by atoms with Crippen LogP contribution in [0.4, 0.5) is 4.39 Å². The normalized spacial score (nSPS) is 11.1. The lowest BCUT2D eigenvalue weighted by Crippen LogP contribution is -2.18. The summed E-state index contributed by atoms with van der Waals surface area (Å²) in [7, 11) is 1.44. The number of carbonyl (C=O) groups excluding carboxylic acids is 1. The molecule has 0 radical (unpaired) electrons. The number of pyridine rings is 1. The van der Waals surface area contributed by atoms with Gasteiger partial charge in [0.05, 0.1) is 34.6 Å². The molecule has 0 aliphatic heterocycles. The van der Waals surface area contributed by atoms with E-state index in [9.17, 15) is 14.3 Å². The molecular weight excluding hydrogens is 477 g/mol. The van der Waals surface area contributed by atoms with Gasteiger partial charge in [-0.05, 0) is 70.0 Å². The zero-order valence-corrected chi connectivity index (χ0v) is 18.4. The fourth-order valence-corrected chi connectivity index (χ4v) is 3.64. The number of hydrogen-bond acceptors (Lipinski definition) is 5. The van der Waals surface area contributed by atoms with Crippen LogP contribution in [0.2, 0.25) is 0 Å². The maximum absolute atomic E-state index is 13.3. The summed E-state index contributed by atoms with van der Waals surface area (Å²) >= 11 is 3.25. The van der Waals surface area contributed by atoms with Gasteiger partial charge < -0.3 is 9.84 Å². The number of methoxy groups -OCH3 is 1. The second kappa shape index (κ2) is 9.15. The van der Waals surface area contributed by atoms with Gasteiger partial charge in [0.15, 0.2) is 11.5 Å². The molecule has 4 aromatic rings. The summed E-state index contributed by atoms with van der Waals surface area (Å²) in [6.45, 7) is 0. The molecular formula is C24H17BrFN3O3. The number of aromatic hydroxyl groups is 1. The molecule has 0 unspecified atom stereocenters. The first kappa shape index (κ1) is 21.5. The number of fused-ring (bicyclic) bond motifs is 1. The van der Waals surface area contributed by atoms with Crippen molar-refractivity contribution in [1.82, 2.24) is 10.4 Å². The lowest BCUT2D eigenvalue weighted by atomic mass is 10.0. The Kier molecular flexibility index (Phi) is 6.13. The van der Waals surface area contributed by atoms with Gasteiger partial charge in [0.2, 0.25) is 0 Å². The summed E-state index contributed by atoms with van der Waals surface area (Å²) in [4.78, 5) is 17.5. The highest BCUT2D eigenvalue weighted by Gasteiger charge is 2.14. The highest BCUT2D eigenvalue weighted by atomic mass is 79.9. The van der Waals surface area contributed by atoms with E-state index in [0.29, 0.717) is 37.8 Å². The maximum atomic E-state index is 13.3. The molecule has 0 saturated heterocycles. The fraction of sp³-hybridized carbons (Fsp3) is 0.0417. The largest absolute Gasteiger partial charge is 0.503 e. The number of ether oxygens (including phenoxy) is 1. The number of phenolic OH excluding ortho intramolecular Hbond substituents is 1. The van der Waals surface area contributed by atoms with E-state index in [1.807, 2.05) is 18.2 Å². The van der Waals surface area contributed by atoms with Gasteiger partial charge in [-0.3, -0.25) is 4.79 Å². The Bertz CT molecular complexity index is 1340. The minimum Gasteiger partial charge on any atom is -0.503 e. The van der Waals surface area contributed by atoms with Crippen molar-refractivity contribution in [1.29, 1.82) is 0 Å². The van der Waals surface area contributed by atoms with Crippen molar-refractivity contribution < 1.29 is 19.0 Å². The molecule has 2 N–H and O–H groups in total. The molecule has 0 aliphatic carbocycles. The van der Waals surface area contributed by atoms with Crippen molar-refractivity contribution in [3.63, 3.8) is 0 Å². The molecule has 32 heavy (non-hydrogen) atoms. The van der Waals surface area contributed by atoms with Crippen molar-refractivity contribution in [3.05, 3.63) is 88.1 Å². The molecule has 0 bridgehead atoms. The molecule has 1 amide bonds. The van der Waals surface area contributed by atoms with E-state index in [1.165, 1.54) is 25.5 Å². The maximum Gasteiger partial charge on any atom is 0.272 e. The average Bonchev–Trinajstić information content (AvgIpc) is 2.80. The van der Waals surface area contributed by atoms with Crippen molar-refractivity contribution >= 4 is 39.0 Å². The van der Waals surface area contributed by atoms with Gasteiger partial charge in [-0.25, -0.2) is 14.8 Å². The fourth-order valence-electron chi connectivity index (χ4n) is 3.18. The smallest absolute Gasteiger partial charge is 0.272 e. The molecule has 0 spiro atoms. The zero-order valence-electron chi connectivity index (χ0n) is 16.8. The van der Waals surface area contributed by atoms with Crippen LogP contribution in [0.5, 0.6) is 11.5 Å². The number of amides is 1. The Morgan fingerprint density at radius 3 is 2.66 bits per heavy atom. The number of halogens is 2. The number of benzene rings is 3. The Labute approximate surface area is 191 Å². The van der Waals surface area contributed by atoms with E-state index in [2.05, 4.69) is 31.4 Å². The zero-order chi connectivity index (χ0) is 22.7. The van der Waals surface area contributed by atoms with Crippen LogP contribution in [0.1, 0.15) is 15.9 Å². The number of para-hydroxylation sites is 1. The van der Waals surface area contributed by atoms with Gasteiger partial charge in [-0.15, -0.1) is 0 Å². The molecule has 0 saturated carbocycles. The van der Waals surface area contributed by atoms with Crippen LogP contribution in [-0.2, 0) is 0 Å². The van der Waals surface area contributed by atoms with E-state index in [4.69, 9.17) is 4.74 Å². The van der Waals surface area contributed by atoms with E-state index in [-0.39, 0.29) is 17.3 Å². The second-order valence-electron chi connectivity index (χ2n) is 6.83. The molecule has 160 valence electrons. The summed E-state index contributed by atoms with van der Waals surface area (Å²) in [6.07, 6.45) is 1.44. The molecule has 3 aromatic carbocycles. The van der Waals surface area contributed by atoms with Crippen LogP contribution in [-0.4, -0.2) is 29.3 Å². The molecule has 1 heterocycles. The Hall–Kier alpha value is -3.78. The van der Waals surface area contributed by atoms with Crippen molar-refractivity contribution in [3.8, 4) is 22.8 Å². The number of hydrazone groups is 1. The third-order valence-corrected chi connectivity index (χ3v) is 5.36. The first-order valence-corrected chi connectivity index (χ1v) is 10.3. The molecule has 0 aliphatic rings. The van der Waals surface area contributed by atoms with Gasteiger partial charge in [-0.1, -0.05) is 18.2 Å². The van der Waals surface area contributed by atoms with Gasteiger partial charge in [0.1, 0.15) is 5.82 Å². The number of carbonyl (C=O) groups is 1. The number of aromatic nitrogens is 1. The molecule has 1 aromatic heterocycles. The monoisotopic (exact) mass is 493 g/mol. The summed E-state index contributed by atoms with van der Waals surface area (Å²) in [5.74, 6) is -0.520. The van der Waals surface area contributed by atoms with Crippen LogP contribution < -0.4 is 10.2 Å². The third-order valence-electron chi connectivity index (χ3n) is 4.75. The third kappa shape index (κ3) is 4.45. The van der Waals surface area contributed by atoms with Gasteiger partial charge in [0.25, 0.3) is 5.91 Å². The van der Waals surface area contributed by atoms with Gasteiger partial charge >= 0.3 is 0 Å². The number of hydrogen-bond donors (Lipinski definition) is 2. The van der Waals surface area contributed by atoms with Crippen molar-refractivity contribution in [2.75, 3.05) is 7.11 Å².